The molecule has 3 aliphatic rings. The number of carbonyl (C=O) groups excluding carboxylic acids is 1. The van der Waals surface area contributed by atoms with E-state index in [0.717, 1.165) is 56.8 Å². The van der Waals surface area contributed by atoms with Crippen molar-refractivity contribution in [2.24, 2.45) is 0 Å². The zero-order chi connectivity index (χ0) is 16.8. The van der Waals surface area contributed by atoms with Gasteiger partial charge in [0.1, 0.15) is 0 Å². The van der Waals surface area contributed by atoms with Crippen molar-refractivity contribution in [1.82, 2.24) is 25.2 Å². The minimum atomic E-state index is -0.0616. The van der Waals surface area contributed by atoms with E-state index < -0.39 is 0 Å². The highest BCUT2D eigenvalue weighted by molar-refractivity contribution is 5.77. The van der Waals surface area contributed by atoms with Crippen LogP contribution in [-0.2, 0) is 11.2 Å². The molecule has 0 aromatic carbocycles. The van der Waals surface area contributed by atoms with E-state index in [1.54, 1.807) is 0 Å². The predicted octanol–water partition coefficient (Wildman–Crippen LogP) is 2.50. The van der Waals surface area contributed by atoms with E-state index in [9.17, 15) is 4.79 Å². The quantitative estimate of drug-likeness (QED) is 0.794. The molecule has 0 bridgehead atoms. The molecule has 132 valence electrons. The average molecular weight is 343 g/mol. The zero-order valence-electron chi connectivity index (χ0n) is 14.1. The van der Waals surface area contributed by atoms with Gasteiger partial charge in [-0.2, -0.15) is 9.97 Å². The Morgan fingerprint density at radius 3 is 2.60 bits per heavy atom. The smallest absolute Gasteiger partial charge is 0.229 e. The van der Waals surface area contributed by atoms with Gasteiger partial charge in [-0.3, -0.25) is 4.79 Å². The van der Waals surface area contributed by atoms with Crippen LogP contribution < -0.4 is 0 Å². The maximum absolute atomic E-state index is 12.7. The molecule has 3 heterocycles. The van der Waals surface area contributed by atoms with Gasteiger partial charge in [0.15, 0.2) is 11.6 Å². The lowest BCUT2D eigenvalue weighted by atomic mass is 10.2. The Hall–Kier alpha value is -2.25. The van der Waals surface area contributed by atoms with Crippen LogP contribution in [-0.4, -0.2) is 37.6 Å². The Labute approximate surface area is 145 Å². The molecule has 2 saturated carbocycles. The molecule has 1 saturated heterocycles. The lowest BCUT2D eigenvalue weighted by Crippen LogP contribution is -2.31. The van der Waals surface area contributed by atoms with Gasteiger partial charge < -0.3 is 13.9 Å². The summed E-state index contributed by atoms with van der Waals surface area (Å²) in [4.78, 5) is 23.4. The number of hydrogen-bond acceptors (Lipinski definition) is 7. The topological polar surface area (TPSA) is 98.2 Å². The van der Waals surface area contributed by atoms with Gasteiger partial charge in [-0.25, -0.2) is 0 Å². The molecule has 2 aromatic heterocycles. The van der Waals surface area contributed by atoms with Crippen molar-refractivity contribution < 1.29 is 13.8 Å². The highest BCUT2D eigenvalue weighted by Crippen LogP contribution is 2.40. The number of rotatable bonds is 6. The summed E-state index contributed by atoms with van der Waals surface area (Å²) in [7, 11) is 0. The summed E-state index contributed by atoms with van der Waals surface area (Å²) < 4.78 is 10.6. The Bertz CT molecular complexity index is 777. The number of carbonyl (C=O) groups is 1. The van der Waals surface area contributed by atoms with Crippen molar-refractivity contribution in [3.8, 4) is 0 Å². The highest BCUT2D eigenvalue weighted by atomic mass is 16.5. The fraction of sp³-hybridized carbons (Fsp3) is 0.706. The number of nitrogens with zero attached hydrogens (tertiary/aromatic N) is 5. The van der Waals surface area contributed by atoms with Crippen LogP contribution in [0.3, 0.4) is 0 Å². The van der Waals surface area contributed by atoms with Crippen LogP contribution in [0.1, 0.15) is 86.3 Å². The average Bonchev–Trinajstić information content (AvgIpc) is 3.49. The normalized spacial score (nSPS) is 23.4. The van der Waals surface area contributed by atoms with Crippen molar-refractivity contribution in [3.05, 3.63) is 23.4 Å². The monoisotopic (exact) mass is 343 g/mol. The van der Waals surface area contributed by atoms with Crippen molar-refractivity contribution in [2.75, 3.05) is 6.54 Å². The van der Waals surface area contributed by atoms with E-state index in [2.05, 4.69) is 20.3 Å². The largest absolute Gasteiger partial charge is 0.339 e. The highest BCUT2D eigenvalue weighted by Gasteiger charge is 2.36. The van der Waals surface area contributed by atoms with Gasteiger partial charge in [-0.05, 0) is 38.5 Å². The van der Waals surface area contributed by atoms with Crippen LogP contribution >= 0.6 is 0 Å². The van der Waals surface area contributed by atoms with Gasteiger partial charge in [0, 0.05) is 31.2 Å². The Morgan fingerprint density at radius 1 is 1.00 bits per heavy atom. The van der Waals surface area contributed by atoms with E-state index in [-0.39, 0.29) is 11.9 Å². The molecule has 5 rings (SSSR count). The number of amides is 1. The molecule has 0 spiro atoms. The number of hydrogen-bond donors (Lipinski definition) is 0. The van der Waals surface area contributed by atoms with Gasteiger partial charge in [0.2, 0.25) is 17.7 Å². The standard InChI is InChI=1S/C17H21N5O3/c23-14(8-7-13-18-15(20-24-13)10-3-4-10)22-9-1-2-12(22)16-19-17(25-21-16)11-5-6-11/h10-12H,1-9H2. The van der Waals surface area contributed by atoms with Crippen LogP contribution in [0.5, 0.6) is 0 Å². The lowest BCUT2D eigenvalue weighted by Gasteiger charge is -2.21. The lowest BCUT2D eigenvalue weighted by molar-refractivity contribution is -0.132. The molecule has 1 unspecified atom stereocenters. The van der Waals surface area contributed by atoms with Gasteiger partial charge in [-0.1, -0.05) is 10.3 Å². The SMILES string of the molecule is O=C(CCc1nc(C2CC2)no1)N1CCCC1c1noc(C2CC2)n1. The molecule has 1 amide bonds. The minimum Gasteiger partial charge on any atom is -0.339 e. The summed E-state index contributed by atoms with van der Waals surface area (Å²) in [5, 5.41) is 8.12. The molecule has 2 aliphatic carbocycles. The van der Waals surface area contributed by atoms with E-state index in [0.29, 0.717) is 36.4 Å². The van der Waals surface area contributed by atoms with Gasteiger partial charge in [0.25, 0.3) is 0 Å². The Balaban J connectivity index is 1.21. The molecule has 2 aromatic rings. The molecule has 0 radical (unpaired) electrons. The molecule has 3 fully saturated rings. The zero-order valence-corrected chi connectivity index (χ0v) is 14.1. The molecular formula is C17H21N5O3. The maximum atomic E-state index is 12.7. The molecule has 8 heteroatoms. The number of aromatic nitrogens is 4. The van der Waals surface area contributed by atoms with Crippen molar-refractivity contribution in [3.63, 3.8) is 0 Å². The summed E-state index contributed by atoms with van der Waals surface area (Å²) in [6.07, 6.45) is 7.25. The molecule has 25 heavy (non-hydrogen) atoms. The van der Waals surface area contributed by atoms with E-state index in [1.807, 2.05) is 4.90 Å². The van der Waals surface area contributed by atoms with Gasteiger partial charge in [-0.15, -0.1) is 0 Å². The second kappa shape index (κ2) is 5.93. The Morgan fingerprint density at radius 2 is 1.80 bits per heavy atom. The van der Waals surface area contributed by atoms with Gasteiger partial charge in [0.05, 0.1) is 6.04 Å². The molecular weight excluding hydrogens is 322 g/mol. The van der Waals surface area contributed by atoms with E-state index >= 15 is 0 Å². The fourth-order valence-corrected chi connectivity index (χ4v) is 3.45. The van der Waals surface area contributed by atoms with Crippen molar-refractivity contribution in [2.45, 2.75) is 69.2 Å². The third-order valence-corrected chi connectivity index (χ3v) is 5.23. The number of likely N-dealkylation sites (tertiary alicyclic amines) is 1. The summed E-state index contributed by atoms with van der Waals surface area (Å²) in [6, 6.07) is -0.0616. The summed E-state index contributed by atoms with van der Waals surface area (Å²) in [6.45, 7) is 0.744. The third kappa shape index (κ3) is 3.05. The van der Waals surface area contributed by atoms with Crippen LogP contribution in [0.2, 0.25) is 0 Å². The third-order valence-electron chi connectivity index (χ3n) is 5.23. The first kappa shape index (κ1) is 15.0. The fourth-order valence-electron chi connectivity index (χ4n) is 3.45. The first-order valence-electron chi connectivity index (χ1n) is 9.23. The second-order valence-corrected chi connectivity index (χ2v) is 7.33. The van der Waals surface area contributed by atoms with Crippen LogP contribution in [0.4, 0.5) is 0 Å². The molecule has 1 atom stereocenters. The van der Waals surface area contributed by atoms with Gasteiger partial charge >= 0.3 is 0 Å². The molecule has 0 N–H and O–H groups in total. The van der Waals surface area contributed by atoms with Crippen LogP contribution in [0.25, 0.3) is 0 Å². The predicted molar refractivity (Wildman–Crippen MR) is 84.6 cm³/mol. The van der Waals surface area contributed by atoms with E-state index in [1.165, 1.54) is 0 Å². The van der Waals surface area contributed by atoms with E-state index in [4.69, 9.17) is 9.05 Å². The summed E-state index contributed by atoms with van der Waals surface area (Å²) >= 11 is 0. The van der Waals surface area contributed by atoms with Crippen molar-refractivity contribution in [1.29, 1.82) is 0 Å². The molecule has 1 aliphatic heterocycles. The maximum Gasteiger partial charge on any atom is 0.229 e. The first-order chi connectivity index (χ1) is 12.3. The second-order valence-electron chi connectivity index (χ2n) is 7.33. The van der Waals surface area contributed by atoms with Crippen LogP contribution in [0.15, 0.2) is 9.05 Å². The minimum absolute atomic E-state index is 0.0616. The van der Waals surface area contributed by atoms with Crippen molar-refractivity contribution >= 4 is 5.91 Å². The first-order valence-corrected chi connectivity index (χ1v) is 9.23. The molecule has 8 nitrogen and oxygen atoms in total. The van der Waals surface area contributed by atoms with Crippen LogP contribution in [0, 0.1) is 0 Å². The Kier molecular flexibility index (Phi) is 3.57. The summed E-state index contributed by atoms with van der Waals surface area (Å²) in [5.41, 5.74) is 0. The summed E-state index contributed by atoms with van der Waals surface area (Å²) in [5.74, 6) is 3.73. The number of aryl methyl sites for hydroxylation is 1.